The number of nitrogens with one attached hydrogen (secondary N) is 1. The van der Waals surface area contributed by atoms with Crippen molar-refractivity contribution in [2.24, 2.45) is 5.92 Å². The van der Waals surface area contributed by atoms with E-state index in [9.17, 15) is 4.79 Å². The molecule has 1 aromatic rings. The first-order valence-electron chi connectivity index (χ1n) is 7.09. The lowest BCUT2D eigenvalue weighted by Crippen LogP contribution is -2.44. The van der Waals surface area contributed by atoms with Crippen molar-refractivity contribution in [3.8, 4) is 0 Å². The van der Waals surface area contributed by atoms with E-state index < -0.39 is 0 Å². The molecule has 2 atom stereocenters. The van der Waals surface area contributed by atoms with Gasteiger partial charge in [-0.3, -0.25) is 4.79 Å². The fourth-order valence-electron chi connectivity index (χ4n) is 2.40. The number of nitrogens with zero attached hydrogens (tertiary/aromatic N) is 2. The van der Waals surface area contributed by atoms with Crippen molar-refractivity contribution in [2.45, 2.75) is 32.9 Å². The van der Waals surface area contributed by atoms with E-state index in [0.29, 0.717) is 19.8 Å². The van der Waals surface area contributed by atoms with E-state index in [2.05, 4.69) is 17.2 Å². The minimum Gasteiger partial charge on any atom is -0.379 e. The summed E-state index contributed by atoms with van der Waals surface area (Å²) in [5.74, 6) is 0.0859. The first-order valence-corrected chi connectivity index (χ1v) is 7.91. The summed E-state index contributed by atoms with van der Waals surface area (Å²) in [6, 6.07) is 0.146. The van der Waals surface area contributed by atoms with Gasteiger partial charge in [0.25, 0.3) is 0 Å². The highest BCUT2D eigenvalue weighted by molar-refractivity contribution is 7.11. The van der Waals surface area contributed by atoms with Crippen LogP contribution < -0.4 is 5.32 Å². The Bertz CT molecular complexity index is 449. The Morgan fingerprint density at radius 2 is 2.40 bits per heavy atom. The number of carbonyl (C=O) groups excluding carboxylic acids is 1. The van der Waals surface area contributed by atoms with Gasteiger partial charge < -0.3 is 15.0 Å². The van der Waals surface area contributed by atoms with Gasteiger partial charge in [-0.25, -0.2) is 4.98 Å². The van der Waals surface area contributed by atoms with Gasteiger partial charge >= 0.3 is 0 Å². The largest absolute Gasteiger partial charge is 0.379 e. The molecule has 0 radical (unpaired) electrons. The van der Waals surface area contributed by atoms with E-state index in [4.69, 9.17) is 4.74 Å². The Morgan fingerprint density at radius 1 is 1.60 bits per heavy atom. The van der Waals surface area contributed by atoms with Gasteiger partial charge in [0.15, 0.2) is 0 Å². The summed E-state index contributed by atoms with van der Waals surface area (Å²) < 4.78 is 5.47. The first-order chi connectivity index (χ1) is 9.61. The maximum Gasteiger partial charge on any atom is 0.229 e. The highest BCUT2D eigenvalue weighted by atomic mass is 32.1. The molecule has 2 unspecified atom stereocenters. The molecule has 1 aliphatic rings. The molecule has 1 N–H and O–H groups in total. The topological polar surface area (TPSA) is 54.5 Å². The number of aryl methyl sites for hydroxylation is 1. The van der Waals surface area contributed by atoms with E-state index in [-0.39, 0.29) is 17.9 Å². The van der Waals surface area contributed by atoms with Crippen molar-refractivity contribution in [1.29, 1.82) is 0 Å². The summed E-state index contributed by atoms with van der Waals surface area (Å²) in [5.41, 5.74) is 0. The average molecular weight is 297 g/mol. The monoisotopic (exact) mass is 297 g/mol. The number of carbonyl (C=O) groups is 1. The van der Waals surface area contributed by atoms with Gasteiger partial charge in [0.2, 0.25) is 5.91 Å². The molecule has 1 aromatic heterocycles. The molecule has 2 heterocycles. The summed E-state index contributed by atoms with van der Waals surface area (Å²) >= 11 is 1.64. The highest BCUT2D eigenvalue weighted by Crippen LogP contribution is 2.19. The summed E-state index contributed by atoms with van der Waals surface area (Å²) in [7, 11) is 1.85. The molecule has 6 heteroatoms. The quantitative estimate of drug-likeness (QED) is 0.863. The van der Waals surface area contributed by atoms with Crippen molar-refractivity contribution >= 4 is 17.2 Å². The molecule has 20 heavy (non-hydrogen) atoms. The third kappa shape index (κ3) is 3.77. The maximum absolute atomic E-state index is 12.5. The second-order valence-electron chi connectivity index (χ2n) is 5.24. The molecule has 0 aliphatic carbocycles. The predicted molar refractivity (Wildman–Crippen MR) is 79.7 cm³/mol. The third-order valence-electron chi connectivity index (χ3n) is 3.49. The minimum absolute atomic E-state index is 0.0689. The average Bonchev–Trinajstić information content (AvgIpc) is 3.04. The van der Waals surface area contributed by atoms with Crippen LogP contribution in [0.15, 0.2) is 6.20 Å². The molecule has 1 aliphatic heterocycles. The van der Waals surface area contributed by atoms with Crippen LogP contribution in [0, 0.1) is 12.8 Å². The zero-order valence-corrected chi connectivity index (χ0v) is 13.2. The molecule has 0 spiro atoms. The van der Waals surface area contributed by atoms with Crippen molar-refractivity contribution in [2.75, 3.05) is 26.8 Å². The van der Waals surface area contributed by atoms with Crippen molar-refractivity contribution in [3.05, 3.63) is 16.1 Å². The van der Waals surface area contributed by atoms with Gasteiger partial charge in [0.05, 0.1) is 30.7 Å². The first kappa shape index (κ1) is 15.4. The molecule has 1 fully saturated rings. The zero-order valence-electron chi connectivity index (χ0n) is 12.4. The van der Waals surface area contributed by atoms with Crippen LogP contribution in [-0.4, -0.2) is 48.6 Å². The number of aromatic nitrogens is 1. The Morgan fingerprint density at radius 3 is 3.05 bits per heavy atom. The number of rotatable bonds is 6. The van der Waals surface area contributed by atoms with Crippen LogP contribution in [-0.2, 0) is 16.1 Å². The van der Waals surface area contributed by atoms with Gasteiger partial charge in [-0.1, -0.05) is 6.92 Å². The summed E-state index contributed by atoms with van der Waals surface area (Å²) in [6.45, 7) is 6.80. The number of hydrogen-bond donors (Lipinski definition) is 1. The fraction of sp³-hybridized carbons (Fsp3) is 0.714. The zero-order chi connectivity index (χ0) is 14.5. The Labute approximate surface area is 124 Å². The molecular formula is C14H23N3O2S. The van der Waals surface area contributed by atoms with Gasteiger partial charge in [-0.05, 0) is 19.9 Å². The Kier molecular flexibility index (Phi) is 5.51. The third-order valence-corrected chi connectivity index (χ3v) is 4.39. The van der Waals surface area contributed by atoms with E-state index in [1.807, 2.05) is 20.2 Å². The van der Waals surface area contributed by atoms with Gasteiger partial charge in [0.1, 0.15) is 0 Å². The smallest absolute Gasteiger partial charge is 0.229 e. The van der Waals surface area contributed by atoms with Crippen LogP contribution in [0.2, 0.25) is 0 Å². The molecule has 0 aromatic carbocycles. The molecule has 5 nitrogen and oxygen atoms in total. The van der Waals surface area contributed by atoms with Crippen LogP contribution in [0.1, 0.15) is 23.2 Å². The number of hydrogen-bond acceptors (Lipinski definition) is 5. The number of amides is 1. The highest BCUT2D eigenvalue weighted by Gasteiger charge is 2.35. The minimum atomic E-state index is -0.0689. The lowest BCUT2D eigenvalue weighted by atomic mass is 10.0. The lowest BCUT2D eigenvalue weighted by Gasteiger charge is -2.24. The van der Waals surface area contributed by atoms with E-state index >= 15 is 0 Å². The van der Waals surface area contributed by atoms with Crippen LogP contribution in [0.25, 0.3) is 0 Å². The second-order valence-corrected chi connectivity index (χ2v) is 6.56. The van der Waals surface area contributed by atoms with Gasteiger partial charge in [-0.2, -0.15) is 0 Å². The predicted octanol–water partition coefficient (Wildman–Crippen LogP) is 1.42. The molecule has 0 saturated carbocycles. The molecular weight excluding hydrogens is 274 g/mol. The summed E-state index contributed by atoms with van der Waals surface area (Å²) in [5, 5.41) is 4.44. The van der Waals surface area contributed by atoms with Gasteiger partial charge in [0, 0.05) is 24.2 Å². The van der Waals surface area contributed by atoms with Crippen LogP contribution in [0.3, 0.4) is 0 Å². The van der Waals surface area contributed by atoms with Crippen molar-refractivity contribution in [3.63, 3.8) is 0 Å². The molecule has 1 amide bonds. The second kappa shape index (κ2) is 7.15. The Hall–Kier alpha value is -0.980. The maximum atomic E-state index is 12.5. The van der Waals surface area contributed by atoms with Crippen LogP contribution >= 0.6 is 11.3 Å². The number of ether oxygens (including phenoxy) is 1. The van der Waals surface area contributed by atoms with Gasteiger partial charge in [-0.15, -0.1) is 11.3 Å². The molecule has 2 rings (SSSR count). The van der Waals surface area contributed by atoms with Crippen molar-refractivity contribution < 1.29 is 9.53 Å². The van der Waals surface area contributed by atoms with E-state index in [1.165, 1.54) is 0 Å². The van der Waals surface area contributed by atoms with E-state index in [0.717, 1.165) is 22.9 Å². The van der Waals surface area contributed by atoms with E-state index in [1.54, 1.807) is 16.2 Å². The lowest BCUT2D eigenvalue weighted by molar-refractivity contribution is -0.135. The molecule has 1 saturated heterocycles. The number of thiazole rings is 1. The standard InChI is InChI=1S/C14H23N3O2S/c1-4-5-15-13-9-19-8-12(13)14(18)17(3)7-11-6-16-10(2)20-11/h6,12-13,15H,4-5,7-9H2,1-3H3. The van der Waals surface area contributed by atoms with Crippen LogP contribution in [0.5, 0.6) is 0 Å². The normalized spacial score (nSPS) is 22.1. The summed E-state index contributed by atoms with van der Waals surface area (Å²) in [4.78, 5) is 19.7. The SMILES string of the molecule is CCCNC1COCC1C(=O)N(C)Cc1cnc(C)s1. The van der Waals surface area contributed by atoms with Crippen molar-refractivity contribution in [1.82, 2.24) is 15.2 Å². The molecule has 112 valence electrons. The fourth-order valence-corrected chi connectivity index (χ4v) is 3.25. The Balaban J connectivity index is 1.91. The van der Waals surface area contributed by atoms with Crippen LogP contribution in [0.4, 0.5) is 0 Å². The molecule has 0 bridgehead atoms. The summed E-state index contributed by atoms with van der Waals surface area (Å²) in [6.07, 6.45) is 2.91.